The van der Waals surface area contributed by atoms with Gasteiger partial charge in [-0.15, -0.1) is 0 Å². The number of hydrogen-bond donors (Lipinski definition) is 2. The zero-order valence-electron chi connectivity index (χ0n) is 8.31. The summed E-state index contributed by atoms with van der Waals surface area (Å²) in [5.74, 6) is -2.72. The smallest absolute Gasteiger partial charge is 0.166 e. The molecule has 1 rings (SSSR count). The number of aliphatic hydroxyl groups is 1. The first kappa shape index (κ1) is 12.2. The summed E-state index contributed by atoms with van der Waals surface area (Å²) in [5, 5.41) is 18.0. The maximum atomic E-state index is 13.6. The molecule has 84 valence electrons. The number of phenolic OH excluding ortho intramolecular Hbond substituents is 1. The molecule has 0 fully saturated rings. The molecule has 0 bridgehead atoms. The largest absolute Gasteiger partial charge is 0.505 e. The van der Waals surface area contributed by atoms with Crippen LogP contribution in [0.15, 0.2) is 6.07 Å². The van der Waals surface area contributed by atoms with Gasteiger partial charge < -0.3 is 10.2 Å². The van der Waals surface area contributed by atoms with Crippen molar-refractivity contribution in [2.24, 2.45) is 0 Å². The third kappa shape index (κ3) is 2.06. The molecule has 0 saturated heterocycles. The minimum atomic E-state index is -1.10. The van der Waals surface area contributed by atoms with E-state index in [1.54, 1.807) is 0 Å². The van der Waals surface area contributed by atoms with Crippen molar-refractivity contribution in [3.8, 4) is 5.75 Å². The summed E-state index contributed by atoms with van der Waals surface area (Å²) in [6, 6.07) is 0.698. The summed E-state index contributed by atoms with van der Waals surface area (Å²) in [7, 11) is 0. The molecular formula is C10H11ClF2O2. The van der Waals surface area contributed by atoms with Crippen molar-refractivity contribution in [1.29, 1.82) is 0 Å². The fourth-order valence-electron chi connectivity index (χ4n) is 1.28. The van der Waals surface area contributed by atoms with Crippen molar-refractivity contribution in [3.05, 3.63) is 28.3 Å². The van der Waals surface area contributed by atoms with E-state index in [0.29, 0.717) is 6.07 Å². The second-order valence-corrected chi connectivity index (χ2v) is 4.33. The van der Waals surface area contributed by atoms with Crippen LogP contribution in [0.4, 0.5) is 8.78 Å². The number of aliphatic hydroxyl groups excluding tert-OH is 1. The molecule has 15 heavy (non-hydrogen) atoms. The zero-order chi connectivity index (χ0) is 11.8. The van der Waals surface area contributed by atoms with Crippen molar-refractivity contribution in [2.75, 3.05) is 6.61 Å². The van der Waals surface area contributed by atoms with E-state index in [1.807, 2.05) is 0 Å². The molecule has 0 aliphatic carbocycles. The predicted molar refractivity (Wildman–Crippen MR) is 53.1 cm³/mol. The van der Waals surface area contributed by atoms with E-state index in [-0.39, 0.29) is 5.56 Å². The molecule has 2 nitrogen and oxygen atoms in total. The van der Waals surface area contributed by atoms with Gasteiger partial charge in [0.05, 0.1) is 11.6 Å². The number of halogens is 3. The molecule has 0 unspecified atom stereocenters. The molecule has 5 heteroatoms. The maximum absolute atomic E-state index is 13.6. The van der Waals surface area contributed by atoms with E-state index >= 15 is 0 Å². The Balaban J connectivity index is 3.53. The molecule has 2 N–H and O–H groups in total. The van der Waals surface area contributed by atoms with Crippen LogP contribution in [0.5, 0.6) is 5.75 Å². The second kappa shape index (κ2) is 3.94. The first-order chi connectivity index (χ1) is 6.81. The van der Waals surface area contributed by atoms with Gasteiger partial charge >= 0.3 is 0 Å². The van der Waals surface area contributed by atoms with Gasteiger partial charge in [0.1, 0.15) is 5.82 Å². The molecule has 0 amide bonds. The molecule has 0 aliphatic rings. The molecule has 0 atom stereocenters. The molecular weight excluding hydrogens is 226 g/mol. The minimum absolute atomic E-state index is 0.310. The Labute approximate surface area is 91.1 Å². The van der Waals surface area contributed by atoms with Gasteiger partial charge in [0.15, 0.2) is 11.6 Å². The van der Waals surface area contributed by atoms with Gasteiger partial charge in [0.2, 0.25) is 0 Å². The van der Waals surface area contributed by atoms with Gasteiger partial charge in [0.25, 0.3) is 0 Å². The number of benzene rings is 1. The summed E-state index contributed by atoms with van der Waals surface area (Å²) in [6.45, 7) is 2.51. The van der Waals surface area contributed by atoms with Crippen molar-refractivity contribution >= 4 is 11.6 Å². The number of rotatable bonds is 2. The van der Waals surface area contributed by atoms with Crippen LogP contribution in [0, 0.1) is 11.6 Å². The van der Waals surface area contributed by atoms with Gasteiger partial charge in [-0.05, 0) is 6.07 Å². The Morgan fingerprint density at radius 2 is 1.93 bits per heavy atom. The number of hydrogen-bond acceptors (Lipinski definition) is 2. The van der Waals surface area contributed by atoms with Crippen molar-refractivity contribution in [2.45, 2.75) is 19.3 Å². The molecule has 0 aromatic heterocycles. The van der Waals surface area contributed by atoms with Gasteiger partial charge in [0, 0.05) is 11.0 Å². The molecule has 1 aromatic rings. The Kier molecular flexibility index (Phi) is 3.21. The summed E-state index contributed by atoms with van der Waals surface area (Å²) in [4.78, 5) is 0. The highest BCUT2D eigenvalue weighted by Crippen LogP contribution is 2.37. The fraction of sp³-hybridized carbons (Fsp3) is 0.400. The van der Waals surface area contributed by atoms with E-state index in [0.717, 1.165) is 0 Å². The van der Waals surface area contributed by atoms with Crippen LogP contribution >= 0.6 is 11.6 Å². The van der Waals surface area contributed by atoms with Crippen molar-refractivity contribution < 1.29 is 19.0 Å². The van der Waals surface area contributed by atoms with Crippen molar-refractivity contribution in [3.63, 3.8) is 0 Å². The van der Waals surface area contributed by atoms with E-state index in [2.05, 4.69) is 0 Å². The maximum Gasteiger partial charge on any atom is 0.166 e. The lowest BCUT2D eigenvalue weighted by molar-refractivity contribution is 0.210. The van der Waals surface area contributed by atoms with E-state index in [1.165, 1.54) is 13.8 Å². The van der Waals surface area contributed by atoms with Gasteiger partial charge in [-0.3, -0.25) is 0 Å². The lowest BCUT2D eigenvalue weighted by Crippen LogP contribution is -2.24. The summed E-state index contributed by atoms with van der Waals surface area (Å²) < 4.78 is 26.7. The average molecular weight is 237 g/mol. The molecule has 0 heterocycles. The standard InChI is InChI=1S/C10H11ClF2O2/c1-10(2,4-14)7-8(13)5(11)3-6(12)9(7)15/h3,14-15H,4H2,1-2H3. The van der Waals surface area contributed by atoms with Crippen LogP contribution in [0.25, 0.3) is 0 Å². The second-order valence-electron chi connectivity index (χ2n) is 3.92. The molecule has 0 aliphatic heterocycles. The average Bonchev–Trinajstić information content (AvgIpc) is 2.15. The van der Waals surface area contributed by atoms with E-state index < -0.39 is 34.4 Å². The van der Waals surface area contributed by atoms with Crippen LogP contribution in [-0.4, -0.2) is 16.8 Å². The fourth-order valence-corrected chi connectivity index (χ4v) is 1.47. The highest BCUT2D eigenvalue weighted by atomic mass is 35.5. The Hall–Kier alpha value is -0.870. The van der Waals surface area contributed by atoms with Crippen LogP contribution in [0.2, 0.25) is 5.02 Å². The Morgan fingerprint density at radius 3 is 2.40 bits per heavy atom. The highest BCUT2D eigenvalue weighted by Gasteiger charge is 2.30. The third-order valence-electron chi connectivity index (χ3n) is 2.22. The molecule has 1 aromatic carbocycles. The first-order valence-corrected chi connectivity index (χ1v) is 4.67. The highest BCUT2D eigenvalue weighted by molar-refractivity contribution is 6.30. The van der Waals surface area contributed by atoms with E-state index in [9.17, 15) is 13.9 Å². The summed E-state index contributed by atoms with van der Waals surface area (Å²) >= 11 is 5.45. The Bertz CT molecular complexity index is 365. The Morgan fingerprint density at radius 1 is 1.40 bits per heavy atom. The van der Waals surface area contributed by atoms with Crippen LogP contribution in [-0.2, 0) is 5.41 Å². The molecule has 0 radical (unpaired) electrons. The normalized spacial score (nSPS) is 11.9. The number of phenols is 1. The van der Waals surface area contributed by atoms with Gasteiger partial charge in [-0.2, -0.15) is 0 Å². The lowest BCUT2D eigenvalue weighted by atomic mass is 9.84. The third-order valence-corrected chi connectivity index (χ3v) is 2.49. The summed E-state index contributed by atoms with van der Waals surface area (Å²) in [6.07, 6.45) is 0. The van der Waals surface area contributed by atoms with Gasteiger partial charge in [-0.25, -0.2) is 8.78 Å². The molecule has 0 saturated carbocycles. The topological polar surface area (TPSA) is 40.5 Å². The molecule has 0 spiro atoms. The minimum Gasteiger partial charge on any atom is -0.505 e. The predicted octanol–water partition coefficient (Wildman–Crippen LogP) is 2.59. The van der Waals surface area contributed by atoms with E-state index in [4.69, 9.17) is 16.7 Å². The first-order valence-electron chi connectivity index (χ1n) is 4.29. The van der Waals surface area contributed by atoms with Crippen LogP contribution in [0.1, 0.15) is 19.4 Å². The zero-order valence-corrected chi connectivity index (χ0v) is 9.07. The quantitative estimate of drug-likeness (QED) is 0.775. The van der Waals surface area contributed by atoms with Gasteiger partial charge in [-0.1, -0.05) is 25.4 Å². The van der Waals surface area contributed by atoms with Crippen LogP contribution < -0.4 is 0 Å². The SMILES string of the molecule is CC(C)(CO)c1c(O)c(F)cc(Cl)c1F. The van der Waals surface area contributed by atoms with Crippen LogP contribution in [0.3, 0.4) is 0 Å². The monoisotopic (exact) mass is 236 g/mol. The van der Waals surface area contributed by atoms with Crippen molar-refractivity contribution in [1.82, 2.24) is 0 Å². The lowest BCUT2D eigenvalue weighted by Gasteiger charge is -2.24. The summed E-state index contributed by atoms with van der Waals surface area (Å²) in [5.41, 5.74) is -1.41. The number of aromatic hydroxyl groups is 1.